The standard InChI is InChI=1S/C6H11NO/c1-2-3-4-5-6(7)8/h5H,2-4H2,1H3,(H-,7,8)/p+1. The van der Waals surface area contributed by atoms with E-state index in [1.54, 1.807) is 0 Å². The van der Waals surface area contributed by atoms with Gasteiger partial charge >= 0.3 is 5.91 Å². The van der Waals surface area contributed by atoms with E-state index in [0.717, 1.165) is 19.3 Å². The van der Waals surface area contributed by atoms with Gasteiger partial charge in [-0.3, -0.25) is 0 Å². The molecule has 2 N–H and O–H groups in total. The van der Waals surface area contributed by atoms with E-state index >= 15 is 0 Å². The number of amides is 1. The van der Waals surface area contributed by atoms with Gasteiger partial charge in [0.25, 0.3) is 0 Å². The Hall–Kier alpha value is -0.660. The van der Waals surface area contributed by atoms with Crippen LogP contribution in [0, 0.1) is 6.42 Å². The zero-order valence-corrected chi connectivity index (χ0v) is 5.18. The molecule has 0 radical (unpaired) electrons. The average molecular weight is 114 g/mol. The number of carbonyl (C=O) groups is 1. The zero-order chi connectivity index (χ0) is 6.41. The highest BCUT2D eigenvalue weighted by molar-refractivity contribution is 5.82. The Balaban J connectivity index is 2.82. The minimum atomic E-state index is -0.307. The minimum absolute atomic E-state index is 0.307. The molecule has 0 saturated heterocycles. The summed E-state index contributed by atoms with van der Waals surface area (Å²) in [6, 6.07) is 0. The van der Waals surface area contributed by atoms with E-state index in [1.165, 1.54) is 6.42 Å². The van der Waals surface area contributed by atoms with Crippen LogP contribution < -0.4 is 5.73 Å². The summed E-state index contributed by atoms with van der Waals surface area (Å²) < 4.78 is 0. The molecule has 0 rings (SSSR count). The van der Waals surface area contributed by atoms with Gasteiger partial charge in [-0.15, -0.1) is 0 Å². The second kappa shape index (κ2) is 4.50. The molecule has 0 aliphatic carbocycles. The number of nitrogens with two attached hydrogens (primary N) is 1. The average Bonchev–Trinajstić information content (AvgIpc) is 1.66. The maximum Gasteiger partial charge on any atom is 0.399 e. The lowest BCUT2D eigenvalue weighted by Crippen LogP contribution is -2.10. The molecule has 46 valence electrons. The molecule has 0 aliphatic rings. The van der Waals surface area contributed by atoms with Crippen molar-refractivity contribution < 1.29 is 4.79 Å². The van der Waals surface area contributed by atoms with Crippen molar-refractivity contribution in [2.45, 2.75) is 26.2 Å². The van der Waals surface area contributed by atoms with Crippen molar-refractivity contribution >= 4 is 5.91 Å². The molecule has 0 unspecified atom stereocenters. The predicted octanol–water partition coefficient (Wildman–Crippen LogP) is 0.866. The Morgan fingerprint density at radius 3 is 2.75 bits per heavy atom. The molecule has 8 heavy (non-hydrogen) atoms. The lowest BCUT2D eigenvalue weighted by Gasteiger charge is -1.81. The maximum absolute atomic E-state index is 10.0. The molecular weight excluding hydrogens is 102 g/mol. The molecule has 2 heteroatoms. The Morgan fingerprint density at radius 1 is 1.75 bits per heavy atom. The van der Waals surface area contributed by atoms with Crippen LogP contribution in [0.15, 0.2) is 0 Å². The smallest absolute Gasteiger partial charge is 0.330 e. The molecule has 0 aliphatic heterocycles. The van der Waals surface area contributed by atoms with Gasteiger partial charge in [0.1, 0.15) is 0 Å². The molecule has 0 atom stereocenters. The summed E-state index contributed by atoms with van der Waals surface area (Å²) in [7, 11) is 0. The Kier molecular flexibility index (Phi) is 4.13. The van der Waals surface area contributed by atoms with Crippen molar-refractivity contribution in [3.05, 3.63) is 6.42 Å². The SMILES string of the molecule is CCCC[CH+]C(N)=O. The third kappa shape index (κ3) is 5.34. The summed E-state index contributed by atoms with van der Waals surface area (Å²) >= 11 is 0. The summed E-state index contributed by atoms with van der Waals surface area (Å²) in [6.07, 6.45) is 4.52. The first-order valence-electron chi connectivity index (χ1n) is 2.90. The monoisotopic (exact) mass is 114 g/mol. The van der Waals surface area contributed by atoms with Gasteiger partial charge in [-0.1, -0.05) is 13.3 Å². The van der Waals surface area contributed by atoms with Crippen LogP contribution in [0.4, 0.5) is 0 Å². The fraction of sp³-hybridized carbons (Fsp3) is 0.667. The van der Waals surface area contributed by atoms with Crippen LogP contribution in [-0.4, -0.2) is 5.91 Å². The van der Waals surface area contributed by atoms with Gasteiger partial charge < -0.3 is 5.73 Å². The summed E-state index contributed by atoms with van der Waals surface area (Å²) in [5.41, 5.74) is 4.84. The van der Waals surface area contributed by atoms with Crippen LogP contribution in [0.1, 0.15) is 26.2 Å². The largest absolute Gasteiger partial charge is 0.399 e. The predicted molar refractivity (Wildman–Crippen MR) is 33.0 cm³/mol. The third-order valence-corrected chi connectivity index (χ3v) is 0.903. The van der Waals surface area contributed by atoms with Crippen molar-refractivity contribution in [1.82, 2.24) is 0 Å². The quantitative estimate of drug-likeness (QED) is 0.427. The van der Waals surface area contributed by atoms with Crippen molar-refractivity contribution in [1.29, 1.82) is 0 Å². The second-order valence-electron chi connectivity index (χ2n) is 1.75. The molecule has 1 amide bonds. The van der Waals surface area contributed by atoms with Gasteiger partial charge in [-0.2, -0.15) is 0 Å². The number of hydrogen-bond donors (Lipinski definition) is 1. The lowest BCUT2D eigenvalue weighted by atomic mass is 10.2. The van der Waals surface area contributed by atoms with Crippen molar-refractivity contribution in [3.63, 3.8) is 0 Å². The summed E-state index contributed by atoms with van der Waals surface area (Å²) in [5.74, 6) is -0.307. The van der Waals surface area contributed by atoms with E-state index in [-0.39, 0.29) is 5.91 Å². The normalized spacial score (nSPS) is 8.62. The van der Waals surface area contributed by atoms with Crippen molar-refractivity contribution in [2.24, 2.45) is 5.73 Å². The summed E-state index contributed by atoms with van der Waals surface area (Å²) in [6.45, 7) is 2.08. The number of rotatable bonds is 4. The highest BCUT2D eigenvalue weighted by atomic mass is 16.1. The van der Waals surface area contributed by atoms with E-state index in [0.29, 0.717) is 0 Å². The van der Waals surface area contributed by atoms with Gasteiger partial charge in [-0.25, -0.2) is 4.79 Å². The first kappa shape index (κ1) is 7.34. The van der Waals surface area contributed by atoms with E-state index in [4.69, 9.17) is 5.73 Å². The Morgan fingerprint density at radius 2 is 2.38 bits per heavy atom. The van der Waals surface area contributed by atoms with Gasteiger partial charge in [0.05, 0.1) is 6.42 Å². The Labute approximate surface area is 50.1 Å². The molecule has 0 saturated carbocycles. The highest BCUT2D eigenvalue weighted by Crippen LogP contribution is 1.95. The number of hydrogen-bond acceptors (Lipinski definition) is 1. The van der Waals surface area contributed by atoms with E-state index in [9.17, 15) is 4.79 Å². The first-order chi connectivity index (χ1) is 3.77. The van der Waals surface area contributed by atoms with E-state index in [2.05, 4.69) is 6.92 Å². The molecule has 0 fully saturated rings. The fourth-order valence-corrected chi connectivity index (χ4v) is 0.448. The molecule has 0 aromatic carbocycles. The third-order valence-electron chi connectivity index (χ3n) is 0.903. The van der Waals surface area contributed by atoms with E-state index < -0.39 is 0 Å². The summed E-state index contributed by atoms with van der Waals surface area (Å²) in [5, 5.41) is 0. The molecule has 0 aromatic heterocycles. The topological polar surface area (TPSA) is 43.1 Å². The molecule has 0 bridgehead atoms. The van der Waals surface area contributed by atoms with Crippen LogP contribution in [0.2, 0.25) is 0 Å². The van der Waals surface area contributed by atoms with Crippen LogP contribution >= 0.6 is 0 Å². The number of primary amides is 1. The van der Waals surface area contributed by atoms with Crippen LogP contribution in [0.25, 0.3) is 0 Å². The molecule has 2 nitrogen and oxygen atoms in total. The first-order valence-corrected chi connectivity index (χ1v) is 2.90. The van der Waals surface area contributed by atoms with Gasteiger partial charge in [-0.05, 0) is 6.42 Å². The minimum Gasteiger partial charge on any atom is -0.330 e. The van der Waals surface area contributed by atoms with Crippen LogP contribution in [0.3, 0.4) is 0 Å². The zero-order valence-electron chi connectivity index (χ0n) is 5.18. The molecule has 0 spiro atoms. The fourth-order valence-electron chi connectivity index (χ4n) is 0.448. The second-order valence-corrected chi connectivity index (χ2v) is 1.75. The van der Waals surface area contributed by atoms with Crippen LogP contribution in [0.5, 0.6) is 0 Å². The number of carbonyl (C=O) groups excluding carboxylic acids is 1. The summed E-state index contributed by atoms with van der Waals surface area (Å²) in [4.78, 5) is 10.0. The highest BCUT2D eigenvalue weighted by Gasteiger charge is 2.03. The van der Waals surface area contributed by atoms with Gasteiger partial charge in [0.2, 0.25) is 0 Å². The van der Waals surface area contributed by atoms with Crippen molar-refractivity contribution in [2.75, 3.05) is 0 Å². The lowest BCUT2D eigenvalue weighted by molar-refractivity contribution is -0.115. The van der Waals surface area contributed by atoms with Crippen molar-refractivity contribution in [3.8, 4) is 0 Å². The maximum atomic E-state index is 10.0. The molecular formula is C6H12NO+. The molecule has 0 aromatic rings. The molecule has 0 heterocycles. The van der Waals surface area contributed by atoms with Gasteiger partial charge in [0, 0.05) is 0 Å². The van der Waals surface area contributed by atoms with Gasteiger partial charge in [0.15, 0.2) is 6.42 Å². The van der Waals surface area contributed by atoms with E-state index in [1.807, 2.05) is 0 Å². The van der Waals surface area contributed by atoms with Crippen LogP contribution in [-0.2, 0) is 4.79 Å². The number of unbranched alkanes of at least 4 members (excludes halogenated alkanes) is 2. The Bertz CT molecular complexity index is 70.9.